The molecule has 0 fully saturated rings. The van der Waals surface area contributed by atoms with Gasteiger partial charge in [-0.15, -0.1) is 0 Å². The van der Waals surface area contributed by atoms with Crippen LogP contribution in [0.4, 0.5) is 11.9 Å². The molecule has 0 spiro atoms. The molecule has 0 aromatic carbocycles. The molecule has 1 aromatic heterocycles. The van der Waals surface area contributed by atoms with Crippen molar-refractivity contribution in [3.05, 3.63) is 5.82 Å². The summed E-state index contributed by atoms with van der Waals surface area (Å²) in [5.41, 5.74) is 5.43. The van der Waals surface area contributed by atoms with Crippen LogP contribution in [-0.4, -0.2) is 21.0 Å². The highest BCUT2D eigenvalue weighted by Crippen LogP contribution is 2.02. The number of nitrogens with two attached hydrogens (primary N) is 1. The maximum atomic E-state index is 5.43. The molecule has 0 aliphatic heterocycles. The van der Waals surface area contributed by atoms with Crippen LogP contribution in [0.1, 0.15) is 19.7 Å². The summed E-state index contributed by atoms with van der Waals surface area (Å²) in [7, 11) is 0. The maximum absolute atomic E-state index is 5.43. The van der Waals surface area contributed by atoms with Crippen molar-refractivity contribution in [2.24, 2.45) is 0 Å². The molecule has 0 saturated heterocycles. The zero-order valence-corrected chi connectivity index (χ0v) is 7.50. The monoisotopic (exact) mass is 167 g/mol. The minimum atomic E-state index is 0.255. The van der Waals surface area contributed by atoms with E-state index in [4.69, 9.17) is 5.73 Å². The van der Waals surface area contributed by atoms with Gasteiger partial charge < -0.3 is 11.1 Å². The third-order valence-corrected chi connectivity index (χ3v) is 1.18. The lowest BCUT2D eigenvalue weighted by Crippen LogP contribution is -2.14. The molecule has 5 heteroatoms. The second-order valence-electron chi connectivity index (χ2n) is 2.86. The number of aryl methyl sites for hydroxylation is 1. The minimum Gasteiger partial charge on any atom is -0.368 e. The molecule has 5 nitrogen and oxygen atoms in total. The van der Waals surface area contributed by atoms with E-state index in [1.165, 1.54) is 0 Å². The van der Waals surface area contributed by atoms with Crippen molar-refractivity contribution >= 4 is 11.9 Å². The van der Waals surface area contributed by atoms with Gasteiger partial charge in [-0.3, -0.25) is 0 Å². The third-order valence-electron chi connectivity index (χ3n) is 1.18. The van der Waals surface area contributed by atoms with E-state index in [0.29, 0.717) is 17.8 Å². The molecule has 0 amide bonds. The number of rotatable bonds is 2. The van der Waals surface area contributed by atoms with E-state index in [1.807, 2.05) is 13.8 Å². The lowest BCUT2D eigenvalue weighted by Gasteiger charge is -2.07. The molecule has 0 atom stereocenters. The Balaban J connectivity index is 2.85. The van der Waals surface area contributed by atoms with E-state index < -0.39 is 0 Å². The van der Waals surface area contributed by atoms with Gasteiger partial charge in [0, 0.05) is 6.04 Å². The molecule has 1 heterocycles. The molecule has 0 unspecified atom stereocenters. The number of nitrogens with zero attached hydrogens (tertiary/aromatic N) is 3. The summed E-state index contributed by atoms with van der Waals surface area (Å²) >= 11 is 0. The van der Waals surface area contributed by atoms with E-state index in [2.05, 4.69) is 20.3 Å². The van der Waals surface area contributed by atoms with Crippen LogP contribution in [0.3, 0.4) is 0 Å². The van der Waals surface area contributed by atoms with Crippen molar-refractivity contribution in [1.82, 2.24) is 15.0 Å². The van der Waals surface area contributed by atoms with Gasteiger partial charge in [0.1, 0.15) is 5.82 Å². The molecular weight excluding hydrogens is 154 g/mol. The number of nitrogens with one attached hydrogen (secondary N) is 1. The summed E-state index contributed by atoms with van der Waals surface area (Å²) in [5, 5.41) is 3.04. The molecule has 0 bridgehead atoms. The number of aromatic nitrogens is 3. The molecule has 3 N–H and O–H groups in total. The van der Waals surface area contributed by atoms with Crippen molar-refractivity contribution in [3.63, 3.8) is 0 Å². The fraction of sp³-hybridized carbons (Fsp3) is 0.571. The quantitative estimate of drug-likeness (QED) is 0.673. The van der Waals surface area contributed by atoms with Crippen LogP contribution in [0.15, 0.2) is 0 Å². The van der Waals surface area contributed by atoms with Gasteiger partial charge in [-0.05, 0) is 20.8 Å². The van der Waals surface area contributed by atoms with Gasteiger partial charge in [-0.1, -0.05) is 0 Å². The summed E-state index contributed by atoms with van der Waals surface area (Å²) in [6, 6.07) is 0.297. The zero-order chi connectivity index (χ0) is 9.14. The molecule has 1 rings (SSSR count). The van der Waals surface area contributed by atoms with Crippen molar-refractivity contribution in [1.29, 1.82) is 0 Å². The molecule has 66 valence electrons. The number of hydrogen-bond acceptors (Lipinski definition) is 5. The second kappa shape index (κ2) is 3.34. The van der Waals surface area contributed by atoms with Gasteiger partial charge in [0.05, 0.1) is 0 Å². The Morgan fingerprint density at radius 2 is 1.92 bits per heavy atom. The number of nitrogen functional groups attached to an aromatic ring is 1. The van der Waals surface area contributed by atoms with E-state index in [1.54, 1.807) is 6.92 Å². The van der Waals surface area contributed by atoms with Gasteiger partial charge in [0.2, 0.25) is 11.9 Å². The van der Waals surface area contributed by atoms with Gasteiger partial charge in [-0.25, -0.2) is 0 Å². The largest absolute Gasteiger partial charge is 0.368 e. The van der Waals surface area contributed by atoms with Gasteiger partial charge >= 0.3 is 0 Å². The summed E-state index contributed by atoms with van der Waals surface area (Å²) in [5.74, 6) is 1.42. The Labute approximate surface area is 71.4 Å². The van der Waals surface area contributed by atoms with Crippen LogP contribution in [0.25, 0.3) is 0 Å². The highest BCUT2D eigenvalue weighted by molar-refractivity contribution is 5.31. The van der Waals surface area contributed by atoms with E-state index in [0.717, 1.165) is 0 Å². The number of anilines is 2. The predicted molar refractivity (Wildman–Crippen MR) is 47.7 cm³/mol. The Bertz CT molecular complexity index is 250. The molecule has 1 aromatic rings. The average Bonchev–Trinajstić information content (AvgIpc) is 1.81. The minimum absolute atomic E-state index is 0.255. The van der Waals surface area contributed by atoms with E-state index in [-0.39, 0.29) is 5.95 Å². The first-order chi connectivity index (χ1) is 5.58. The summed E-state index contributed by atoms with van der Waals surface area (Å²) in [6.07, 6.45) is 0. The Morgan fingerprint density at radius 1 is 1.25 bits per heavy atom. The van der Waals surface area contributed by atoms with Crippen LogP contribution in [0, 0.1) is 6.92 Å². The van der Waals surface area contributed by atoms with Crippen molar-refractivity contribution in [2.75, 3.05) is 11.1 Å². The van der Waals surface area contributed by atoms with E-state index >= 15 is 0 Å². The first-order valence-corrected chi connectivity index (χ1v) is 3.82. The zero-order valence-electron chi connectivity index (χ0n) is 7.50. The van der Waals surface area contributed by atoms with E-state index in [9.17, 15) is 0 Å². The van der Waals surface area contributed by atoms with Crippen LogP contribution in [0.5, 0.6) is 0 Å². The number of hydrogen-bond donors (Lipinski definition) is 2. The average molecular weight is 167 g/mol. The molecule has 0 aliphatic carbocycles. The normalized spacial score (nSPS) is 10.3. The fourth-order valence-corrected chi connectivity index (χ4v) is 0.825. The Kier molecular flexibility index (Phi) is 2.42. The maximum Gasteiger partial charge on any atom is 0.227 e. The summed E-state index contributed by atoms with van der Waals surface area (Å²) in [4.78, 5) is 11.8. The highest BCUT2D eigenvalue weighted by atomic mass is 15.2. The van der Waals surface area contributed by atoms with Crippen molar-refractivity contribution < 1.29 is 0 Å². The first kappa shape index (κ1) is 8.70. The predicted octanol–water partition coefficient (Wildman–Crippen LogP) is 0.583. The van der Waals surface area contributed by atoms with Crippen LogP contribution in [-0.2, 0) is 0 Å². The smallest absolute Gasteiger partial charge is 0.227 e. The van der Waals surface area contributed by atoms with Gasteiger partial charge in [0.25, 0.3) is 0 Å². The lowest BCUT2D eigenvalue weighted by molar-refractivity contribution is 0.860. The molecule has 12 heavy (non-hydrogen) atoms. The van der Waals surface area contributed by atoms with Crippen LogP contribution < -0.4 is 11.1 Å². The Hall–Kier alpha value is -1.39. The fourth-order valence-electron chi connectivity index (χ4n) is 0.825. The van der Waals surface area contributed by atoms with Gasteiger partial charge in [0.15, 0.2) is 0 Å². The molecule has 0 saturated carbocycles. The topological polar surface area (TPSA) is 76.7 Å². The van der Waals surface area contributed by atoms with Crippen molar-refractivity contribution in [2.45, 2.75) is 26.8 Å². The molecular formula is C7H13N5. The Morgan fingerprint density at radius 3 is 2.42 bits per heavy atom. The second-order valence-corrected chi connectivity index (χ2v) is 2.86. The van der Waals surface area contributed by atoms with Crippen molar-refractivity contribution in [3.8, 4) is 0 Å². The van der Waals surface area contributed by atoms with Crippen LogP contribution >= 0.6 is 0 Å². The molecule has 0 radical (unpaired) electrons. The first-order valence-electron chi connectivity index (χ1n) is 3.82. The van der Waals surface area contributed by atoms with Gasteiger partial charge in [-0.2, -0.15) is 15.0 Å². The third kappa shape index (κ3) is 2.34. The van der Waals surface area contributed by atoms with Crippen LogP contribution in [0.2, 0.25) is 0 Å². The summed E-state index contributed by atoms with van der Waals surface area (Å²) in [6.45, 7) is 5.80. The standard InChI is InChI=1S/C7H13N5/c1-4(2)9-7-11-5(3)10-6(8)12-7/h4H,1-3H3,(H3,8,9,10,11,12). The molecule has 0 aliphatic rings. The lowest BCUT2D eigenvalue weighted by atomic mass is 10.4. The summed E-state index contributed by atoms with van der Waals surface area (Å²) < 4.78 is 0. The highest BCUT2D eigenvalue weighted by Gasteiger charge is 2.01. The SMILES string of the molecule is Cc1nc(N)nc(NC(C)C)n1.